The van der Waals surface area contributed by atoms with E-state index in [1.165, 1.54) is 22.7 Å². The highest BCUT2D eigenvalue weighted by atomic mass is 32.1. The minimum Gasteiger partial charge on any atom is -0.481 e. The summed E-state index contributed by atoms with van der Waals surface area (Å²) >= 11 is 2.91. The Morgan fingerprint density at radius 3 is 2.60 bits per heavy atom. The van der Waals surface area contributed by atoms with E-state index in [9.17, 15) is 20.0 Å². The van der Waals surface area contributed by atoms with Crippen molar-refractivity contribution in [3.8, 4) is 17.9 Å². The SMILES string of the molecule is CC(OC(=O)Nc1c(C#Cc2cc3sc(C4(C(=O)O)CC4)cc3s2)noc1C#N)c1ccccc1. The van der Waals surface area contributed by atoms with Crippen molar-refractivity contribution >= 4 is 49.8 Å². The lowest BCUT2D eigenvalue weighted by atomic mass is 10.1. The first-order chi connectivity index (χ1) is 16.9. The molecule has 4 aromatic rings. The molecule has 1 aromatic carbocycles. The summed E-state index contributed by atoms with van der Waals surface area (Å²) in [6.07, 6.45) is 0.0634. The molecule has 10 heteroatoms. The first-order valence-electron chi connectivity index (χ1n) is 10.6. The quantitative estimate of drug-likeness (QED) is 0.337. The molecule has 1 atom stereocenters. The van der Waals surface area contributed by atoms with E-state index < -0.39 is 23.6 Å². The molecule has 3 heterocycles. The number of amides is 1. The number of hydrogen-bond acceptors (Lipinski definition) is 8. The molecule has 1 amide bonds. The highest BCUT2D eigenvalue weighted by Crippen LogP contribution is 2.52. The zero-order chi connectivity index (χ0) is 24.6. The maximum absolute atomic E-state index is 12.4. The summed E-state index contributed by atoms with van der Waals surface area (Å²) in [5, 5.41) is 25.2. The topological polar surface area (TPSA) is 125 Å². The van der Waals surface area contributed by atoms with Gasteiger partial charge < -0.3 is 14.4 Å². The van der Waals surface area contributed by atoms with Crippen molar-refractivity contribution in [1.82, 2.24) is 5.16 Å². The maximum atomic E-state index is 12.4. The van der Waals surface area contributed by atoms with E-state index in [4.69, 9.17) is 9.26 Å². The van der Waals surface area contributed by atoms with Gasteiger partial charge in [-0.2, -0.15) is 5.26 Å². The third-order valence-corrected chi connectivity index (χ3v) is 8.13. The maximum Gasteiger partial charge on any atom is 0.412 e. The second-order valence-corrected chi connectivity index (χ2v) is 10.2. The van der Waals surface area contributed by atoms with Crippen LogP contribution in [-0.4, -0.2) is 22.3 Å². The molecule has 0 aliphatic heterocycles. The van der Waals surface area contributed by atoms with Crippen LogP contribution in [0.4, 0.5) is 10.5 Å². The Labute approximate surface area is 207 Å². The predicted molar refractivity (Wildman–Crippen MR) is 130 cm³/mol. The number of carbonyl (C=O) groups is 2. The number of thiophene rings is 2. The van der Waals surface area contributed by atoms with Crippen LogP contribution in [-0.2, 0) is 14.9 Å². The van der Waals surface area contributed by atoms with Gasteiger partial charge in [-0.05, 0) is 49.3 Å². The van der Waals surface area contributed by atoms with E-state index in [0.717, 1.165) is 24.7 Å². The summed E-state index contributed by atoms with van der Waals surface area (Å²) in [6, 6.07) is 14.9. The van der Waals surface area contributed by atoms with Gasteiger partial charge in [0.1, 0.15) is 23.3 Å². The fourth-order valence-electron chi connectivity index (χ4n) is 3.60. The number of aromatic nitrogens is 1. The van der Waals surface area contributed by atoms with Gasteiger partial charge in [0.15, 0.2) is 5.69 Å². The number of fused-ring (bicyclic) bond motifs is 1. The summed E-state index contributed by atoms with van der Waals surface area (Å²) in [5.74, 6) is 4.87. The molecule has 1 unspecified atom stereocenters. The number of nitrogens with zero attached hydrogens (tertiary/aromatic N) is 2. The molecule has 0 bridgehead atoms. The van der Waals surface area contributed by atoms with Crippen molar-refractivity contribution in [3.05, 3.63) is 69.2 Å². The van der Waals surface area contributed by atoms with Crippen LogP contribution in [0, 0.1) is 23.2 Å². The van der Waals surface area contributed by atoms with Gasteiger partial charge in [-0.25, -0.2) is 4.79 Å². The van der Waals surface area contributed by atoms with Crippen molar-refractivity contribution in [2.45, 2.75) is 31.3 Å². The molecule has 0 saturated heterocycles. The Kier molecular flexibility index (Phi) is 5.77. The molecule has 1 aliphatic carbocycles. The van der Waals surface area contributed by atoms with E-state index in [1.54, 1.807) is 6.92 Å². The van der Waals surface area contributed by atoms with Crippen molar-refractivity contribution in [3.63, 3.8) is 0 Å². The van der Waals surface area contributed by atoms with Crippen LogP contribution in [0.1, 0.15) is 52.6 Å². The molecular formula is C25H17N3O5S2. The highest BCUT2D eigenvalue weighted by molar-refractivity contribution is 7.28. The Balaban J connectivity index is 1.33. The lowest BCUT2D eigenvalue weighted by Crippen LogP contribution is -2.17. The van der Waals surface area contributed by atoms with Crippen LogP contribution in [0.15, 0.2) is 47.0 Å². The second-order valence-electron chi connectivity index (χ2n) is 8.02. The first kappa shape index (κ1) is 22.7. The van der Waals surface area contributed by atoms with Gasteiger partial charge >= 0.3 is 12.1 Å². The van der Waals surface area contributed by atoms with E-state index in [0.29, 0.717) is 12.8 Å². The van der Waals surface area contributed by atoms with Crippen molar-refractivity contribution in [2.75, 3.05) is 5.32 Å². The van der Waals surface area contributed by atoms with Crippen LogP contribution in [0.2, 0.25) is 0 Å². The average Bonchev–Trinajstić information content (AvgIpc) is 3.24. The second kappa shape index (κ2) is 8.91. The molecule has 1 aliphatic rings. The monoisotopic (exact) mass is 503 g/mol. The molecule has 5 rings (SSSR count). The Hall–Kier alpha value is -4.12. The van der Waals surface area contributed by atoms with Gasteiger partial charge in [0, 0.05) is 14.3 Å². The number of carboxylic acids is 1. The number of hydrogen-bond donors (Lipinski definition) is 2. The zero-order valence-corrected chi connectivity index (χ0v) is 20.0. The predicted octanol–water partition coefficient (Wildman–Crippen LogP) is 5.65. The lowest BCUT2D eigenvalue weighted by molar-refractivity contribution is -0.139. The summed E-state index contributed by atoms with van der Waals surface area (Å²) in [7, 11) is 0. The third kappa shape index (κ3) is 4.37. The number of carboxylic acid groups (broad SMARTS) is 1. The number of ether oxygens (including phenoxy) is 1. The smallest absolute Gasteiger partial charge is 0.412 e. The molecule has 0 spiro atoms. The molecule has 2 N–H and O–H groups in total. The lowest BCUT2D eigenvalue weighted by Gasteiger charge is -2.13. The van der Waals surface area contributed by atoms with Gasteiger partial charge in [0.05, 0.1) is 4.88 Å². The van der Waals surface area contributed by atoms with Gasteiger partial charge in [-0.3, -0.25) is 10.1 Å². The number of nitrogens with one attached hydrogen (secondary N) is 1. The van der Waals surface area contributed by atoms with Gasteiger partial charge in [-0.1, -0.05) is 35.5 Å². The summed E-state index contributed by atoms with van der Waals surface area (Å²) in [5.41, 5.74) is 0.246. The normalized spacial score (nSPS) is 14.4. The number of anilines is 1. The standard InChI is InChI=1S/C25H17N3O5S2/c1-14(15-5-3-2-4-6-15)32-24(31)27-22-17(28-33-18(22)13-26)8-7-16-11-19-20(34-16)12-21(35-19)25(9-10-25)23(29)30/h2-6,11-12,14H,9-10H2,1H3,(H,27,31)(H,29,30). The van der Waals surface area contributed by atoms with Crippen LogP contribution >= 0.6 is 22.7 Å². The fraction of sp³-hybridized carbons (Fsp3) is 0.200. The van der Waals surface area contributed by atoms with E-state index >= 15 is 0 Å². The minimum absolute atomic E-state index is 0.0445. The molecule has 3 aromatic heterocycles. The Morgan fingerprint density at radius 1 is 1.20 bits per heavy atom. The van der Waals surface area contributed by atoms with E-state index in [2.05, 4.69) is 22.3 Å². The summed E-state index contributed by atoms with van der Waals surface area (Å²) in [6.45, 7) is 1.74. The largest absolute Gasteiger partial charge is 0.481 e. The molecule has 35 heavy (non-hydrogen) atoms. The van der Waals surface area contributed by atoms with Crippen molar-refractivity contribution in [1.29, 1.82) is 5.26 Å². The average molecular weight is 504 g/mol. The molecule has 1 saturated carbocycles. The number of nitriles is 1. The van der Waals surface area contributed by atoms with E-state index in [1.807, 2.05) is 48.5 Å². The van der Waals surface area contributed by atoms with Crippen LogP contribution in [0.25, 0.3) is 9.40 Å². The van der Waals surface area contributed by atoms with Crippen LogP contribution in [0.5, 0.6) is 0 Å². The minimum atomic E-state index is -0.775. The summed E-state index contributed by atoms with van der Waals surface area (Å²) in [4.78, 5) is 25.6. The first-order valence-corrected chi connectivity index (χ1v) is 12.2. The summed E-state index contributed by atoms with van der Waals surface area (Å²) < 4.78 is 12.4. The van der Waals surface area contributed by atoms with Gasteiger partial charge in [0.25, 0.3) is 5.76 Å². The highest BCUT2D eigenvalue weighted by Gasteiger charge is 2.53. The van der Waals surface area contributed by atoms with Gasteiger partial charge in [-0.15, -0.1) is 22.7 Å². The number of benzene rings is 1. The zero-order valence-electron chi connectivity index (χ0n) is 18.3. The Morgan fingerprint density at radius 2 is 1.94 bits per heavy atom. The molecular weight excluding hydrogens is 486 g/mol. The number of carbonyl (C=O) groups excluding carboxylic acids is 1. The Bertz CT molecular complexity index is 1510. The van der Waals surface area contributed by atoms with Crippen LogP contribution < -0.4 is 5.32 Å². The van der Waals surface area contributed by atoms with Crippen molar-refractivity contribution < 1.29 is 24.0 Å². The fourth-order valence-corrected chi connectivity index (χ4v) is 6.08. The van der Waals surface area contributed by atoms with Crippen molar-refractivity contribution in [2.24, 2.45) is 0 Å². The molecule has 174 valence electrons. The molecule has 1 fully saturated rings. The van der Waals surface area contributed by atoms with Crippen LogP contribution in [0.3, 0.4) is 0 Å². The number of aliphatic carboxylic acids is 1. The van der Waals surface area contributed by atoms with Gasteiger partial charge in [0.2, 0.25) is 0 Å². The van der Waals surface area contributed by atoms with E-state index in [-0.39, 0.29) is 17.1 Å². The molecule has 0 radical (unpaired) electrons. The third-order valence-electron chi connectivity index (χ3n) is 5.72. The molecule has 8 nitrogen and oxygen atoms in total. The number of rotatable bonds is 5.